The molecule has 1 aliphatic heterocycles. The van der Waals surface area contributed by atoms with Crippen LogP contribution in [0.1, 0.15) is 64.9 Å². The highest BCUT2D eigenvalue weighted by Crippen LogP contribution is 2.39. The molecule has 1 unspecified atom stereocenters. The lowest BCUT2D eigenvalue weighted by Gasteiger charge is -2.32. The van der Waals surface area contributed by atoms with Gasteiger partial charge in [-0.1, -0.05) is 95.0 Å². The maximum Gasteiger partial charge on any atom is 0.305 e. The SMILES string of the molecule is CCCCCCCC(=O)OCC1N(c2ccccc2)N=C(c2ccccc2)C1(C)C. The Balaban J connectivity index is 1.72. The van der Waals surface area contributed by atoms with Crippen molar-refractivity contribution in [3.8, 4) is 0 Å². The van der Waals surface area contributed by atoms with Crippen molar-refractivity contribution in [1.82, 2.24) is 0 Å². The van der Waals surface area contributed by atoms with Crippen LogP contribution in [0.4, 0.5) is 5.69 Å². The van der Waals surface area contributed by atoms with Crippen LogP contribution in [0.15, 0.2) is 65.8 Å². The highest BCUT2D eigenvalue weighted by Gasteiger charge is 2.45. The molecule has 0 radical (unpaired) electrons. The van der Waals surface area contributed by atoms with Crippen molar-refractivity contribution < 1.29 is 9.53 Å². The normalized spacial score (nSPS) is 17.6. The molecule has 2 aromatic carbocycles. The monoisotopic (exact) mass is 406 g/mol. The smallest absolute Gasteiger partial charge is 0.305 e. The van der Waals surface area contributed by atoms with E-state index in [9.17, 15) is 4.79 Å². The van der Waals surface area contributed by atoms with Crippen molar-refractivity contribution in [3.63, 3.8) is 0 Å². The van der Waals surface area contributed by atoms with E-state index >= 15 is 0 Å². The van der Waals surface area contributed by atoms with Crippen LogP contribution in [0.5, 0.6) is 0 Å². The summed E-state index contributed by atoms with van der Waals surface area (Å²) in [5, 5.41) is 7.02. The number of nitrogens with zero attached hydrogens (tertiary/aromatic N) is 2. The Hall–Kier alpha value is -2.62. The summed E-state index contributed by atoms with van der Waals surface area (Å²) in [5.74, 6) is -0.108. The molecular weight excluding hydrogens is 372 g/mol. The van der Waals surface area contributed by atoms with Gasteiger partial charge in [0.15, 0.2) is 0 Å². The molecule has 30 heavy (non-hydrogen) atoms. The summed E-state index contributed by atoms with van der Waals surface area (Å²) in [4.78, 5) is 12.4. The lowest BCUT2D eigenvalue weighted by molar-refractivity contribution is -0.144. The van der Waals surface area contributed by atoms with E-state index < -0.39 is 0 Å². The first-order chi connectivity index (χ1) is 14.5. The summed E-state index contributed by atoms with van der Waals surface area (Å²) < 4.78 is 5.75. The highest BCUT2D eigenvalue weighted by atomic mass is 16.5. The van der Waals surface area contributed by atoms with E-state index in [1.165, 1.54) is 19.3 Å². The van der Waals surface area contributed by atoms with Gasteiger partial charge < -0.3 is 4.74 Å². The van der Waals surface area contributed by atoms with Gasteiger partial charge in [0.05, 0.1) is 17.4 Å². The highest BCUT2D eigenvalue weighted by molar-refractivity contribution is 6.07. The van der Waals surface area contributed by atoms with Crippen molar-refractivity contribution in [1.29, 1.82) is 0 Å². The standard InChI is InChI=1S/C26H34N2O2/c1-4-5-6-7-14-19-24(29)30-20-23-26(2,3)25(21-15-10-8-11-16-21)27-28(23)22-17-12-9-13-18-22/h8-13,15-18,23H,4-7,14,19-20H2,1-3H3. The number of ether oxygens (including phenoxy) is 1. The van der Waals surface area contributed by atoms with Crippen LogP contribution in [-0.4, -0.2) is 24.3 Å². The van der Waals surface area contributed by atoms with Crippen molar-refractivity contribution in [2.24, 2.45) is 10.5 Å². The molecule has 0 saturated carbocycles. The van der Waals surface area contributed by atoms with Gasteiger partial charge in [-0.3, -0.25) is 9.80 Å². The molecule has 160 valence electrons. The molecule has 4 heteroatoms. The van der Waals surface area contributed by atoms with Crippen LogP contribution in [0, 0.1) is 5.41 Å². The van der Waals surface area contributed by atoms with Crippen LogP contribution in [0.3, 0.4) is 0 Å². The van der Waals surface area contributed by atoms with Crippen LogP contribution in [-0.2, 0) is 9.53 Å². The summed E-state index contributed by atoms with van der Waals surface area (Å²) in [7, 11) is 0. The molecule has 0 saturated heterocycles. The van der Waals surface area contributed by atoms with Gasteiger partial charge in [0, 0.05) is 11.8 Å². The minimum Gasteiger partial charge on any atom is -0.463 e. The third-order valence-corrected chi connectivity index (χ3v) is 5.90. The molecule has 4 nitrogen and oxygen atoms in total. The van der Waals surface area contributed by atoms with Gasteiger partial charge in [-0.2, -0.15) is 5.10 Å². The minimum absolute atomic E-state index is 0.0563. The predicted octanol–water partition coefficient (Wildman–Crippen LogP) is 6.21. The number of esters is 1. The molecule has 0 N–H and O–H groups in total. The van der Waals surface area contributed by atoms with Crippen molar-refractivity contribution >= 4 is 17.4 Å². The third-order valence-electron chi connectivity index (χ3n) is 5.90. The second-order valence-corrected chi connectivity index (χ2v) is 8.58. The van der Waals surface area contributed by atoms with Gasteiger partial charge in [-0.25, -0.2) is 0 Å². The van der Waals surface area contributed by atoms with Crippen LogP contribution in [0.2, 0.25) is 0 Å². The van der Waals surface area contributed by atoms with Crippen molar-refractivity contribution in [2.45, 2.75) is 65.3 Å². The zero-order valence-electron chi connectivity index (χ0n) is 18.5. The van der Waals surface area contributed by atoms with Gasteiger partial charge in [-0.05, 0) is 24.1 Å². The van der Waals surface area contributed by atoms with E-state index in [0.717, 1.165) is 29.8 Å². The zero-order valence-corrected chi connectivity index (χ0v) is 18.5. The van der Waals surface area contributed by atoms with E-state index in [2.05, 4.69) is 45.0 Å². The Morgan fingerprint density at radius 3 is 2.27 bits per heavy atom. The Labute approximate surface area is 180 Å². The van der Waals surface area contributed by atoms with Crippen LogP contribution >= 0.6 is 0 Å². The summed E-state index contributed by atoms with van der Waals surface area (Å²) in [6, 6.07) is 20.3. The fraction of sp³-hybridized carbons (Fsp3) is 0.462. The number of anilines is 1. The van der Waals surface area contributed by atoms with Crippen molar-refractivity contribution in [3.05, 3.63) is 66.2 Å². The molecule has 1 heterocycles. The molecule has 0 bridgehead atoms. The van der Waals surface area contributed by atoms with Gasteiger partial charge in [0.2, 0.25) is 0 Å². The number of hydrazone groups is 1. The van der Waals surface area contributed by atoms with E-state index in [1.54, 1.807) is 0 Å². The molecule has 1 aliphatic rings. The summed E-state index contributed by atoms with van der Waals surface area (Å²) in [5.41, 5.74) is 2.87. The number of hydrogen-bond acceptors (Lipinski definition) is 4. The Morgan fingerprint density at radius 2 is 1.60 bits per heavy atom. The predicted molar refractivity (Wildman–Crippen MR) is 124 cm³/mol. The molecule has 0 aromatic heterocycles. The molecule has 2 aromatic rings. The quantitative estimate of drug-likeness (QED) is 0.348. The van der Waals surface area contributed by atoms with E-state index in [4.69, 9.17) is 9.84 Å². The van der Waals surface area contributed by atoms with E-state index in [1.807, 2.05) is 41.4 Å². The number of hydrogen-bond donors (Lipinski definition) is 0. The molecule has 0 amide bonds. The molecule has 3 rings (SSSR count). The lowest BCUT2D eigenvalue weighted by atomic mass is 9.78. The number of benzene rings is 2. The first-order valence-electron chi connectivity index (χ1n) is 11.2. The number of rotatable bonds is 10. The molecule has 0 fully saturated rings. The summed E-state index contributed by atoms with van der Waals surface area (Å²) in [6.07, 6.45) is 6.12. The van der Waals surface area contributed by atoms with Gasteiger partial charge >= 0.3 is 5.97 Å². The number of unbranched alkanes of at least 4 members (excludes halogenated alkanes) is 4. The van der Waals surface area contributed by atoms with Crippen molar-refractivity contribution in [2.75, 3.05) is 11.6 Å². The average Bonchev–Trinajstić information content (AvgIpc) is 3.03. The topological polar surface area (TPSA) is 41.9 Å². The number of carbonyl (C=O) groups excluding carboxylic acids is 1. The van der Waals surface area contributed by atoms with Gasteiger partial charge in [0.25, 0.3) is 0 Å². The van der Waals surface area contributed by atoms with Crippen LogP contribution < -0.4 is 5.01 Å². The average molecular weight is 407 g/mol. The third kappa shape index (κ3) is 5.29. The number of para-hydroxylation sites is 1. The fourth-order valence-corrected chi connectivity index (χ4v) is 4.01. The second-order valence-electron chi connectivity index (χ2n) is 8.58. The number of carbonyl (C=O) groups is 1. The second kappa shape index (κ2) is 10.4. The lowest BCUT2D eigenvalue weighted by Crippen LogP contribution is -2.44. The Morgan fingerprint density at radius 1 is 0.967 bits per heavy atom. The largest absolute Gasteiger partial charge is 0.463 e. The van der Waals surface area contributed by atoms with E-state index in [0.29, 0.717) is 13.0 Å². The molecular formula is C26H34N2O2. The summed E-state index contributed by atoms with van der Waals surface area (Å²) >= 11 is 0. The van der Waals surface area contributed by atoms with Crippen LogP contribution in [0.25, 0.3) is 0 Å². The molecule has 1 atom stereocenters. The van der Waals surface area contributed by atoms with Gasteiger partial charge in [-0.15, -0.1) is 0 Å². The fourth-order valence-electron chi connectivity index (χ4n) is 4.01. The Kier molecular flexibility index (Phi) is 7.67. The molecule has 0 spiro atoms. The van der Waals surface area contributed by atoms with E-state index in [-0.39, 0.29) is 17.4 Å². The Bertz CT molecular complexity index is 831. The maximum atomic E-state index is 12.4. The van der Waals surface area contributed by atoms with Gasteiger partial charge in [0.1, 0.15) is 6.61 Å². The first-order valence-corrected chi connectivity index (χ1v) is 11.2. The first kappa shape index (κ1) is 22.1. The maximum absolute atomic E-state index is 12.4. The zero-order chi connectivity index (χ0) is 21.4. The molecule has 0 aliphatic carbocycles. The minimum atomic E-state index is -0.265. The summed E-state index contributed by atoms with van der Waals surface area (Å²) in [6.45, 7) is 6.90.